The number of halogens is 1. The van der Waals surface area contributed by atoms with Crippen molar-refractivity contribution in [2.24, 2.45) is 5.73 Å². The van der Waals surface area contributed by atoms with Crippen LogP contribution in [0.3, 0.4) is 0 Å². The number of anilines is 1. The SMILES string of the molecule is CCOC1CCN(c2cccc(F)c2CN)CC1. The Hall–Kier alpha value is -1.13. The fourth-order valence-corrected chi connectivity index (χ4v) is 2.54. The third kappa shape index (κ3) is 2.82. The Balaban J connectivity index is 2.07. The molecule has 18 heavy (non-hydrogen) atoms. The van der Waals surface area contributed by atoms with Gasteiger partial charge in [0.1, 0.15) is 5.82 Å². The number of benzene rings is 1. The quantitative estimate of drug-likeness (QED) is 0.893. The van der Waals surface area contributed by atoms with Crippen molar-refractivity contribution in [1.29, 1.82) is 0 Å². The number of nitrogens with zero attached hydrogens (tertiary/aromatic N) is 1. The van der Waals surface area contributed by atoms with E-state index in [1.165, 1.54) is 6.07 Å². The molecule has 0 radical (unpaired) electrons. The number of hydrogen-bond donors (Lipinski definition) is 1. The highest BCUT2D eigenvalue weighted by molar-refractivity contribution is 5.54. The van der Waals surface area contributed by atoms with E-state index in [9.17, 15) is 4.39 Å². The molecule has 0 amide bonds. The Morgan fingerprint density at radius 1 is 1.39 bits per heavy atom. The van der Waals surface area contributed by atoms with Gasteiger partial charge in [0.15, 0.2) is 0 Å². The zero-order valence-electron chi connectivity index (χ0n) is 10.9. The molecule has 1 aromatic rings. The van der Waals surface area contributed by atoms with Crippen LogP contribution < -0.4 is 10.6 Å². The number of ether oxygens (including phenoxy) is 1. The summed E-state index contributed by atoms with van der Waals surface area (Å²) >= 11 is 0. The second-order valence-electron chi connectivity index (χ2n) is 4.58. The molecule has 0 aliphatic carbocycles. The van der Waals surface area contributed by atoms with E-state index in [-0.39, 0.29) is 12.4 Å². The van der Waals surface area contributed by atoms with Crippen molar-refractivity contribution in [1.82, 2.24) is 0 Å². The lowest BCUT2D eigenvalue weighted by Gasteiger charge is -2.34. The second kappa shape index (κ2) is 6.16. The Morgan fingerprint density at radius 2 is 2.11 bits per heavy atom. The van der Waals surface area contributed by atoms with Crippen LogP contribution in [0.5, 0.6) is 0 Å². The van der Waals surface area contributed by atoms with Crippen LogP contribution in [-0.4, -0.2) is 25.8 Å². The lowest BCUT2D eigenvalue weighted by atomic mass is 10.0. The Bertz CT molecular complexity index is 389. The number of nitrogens with two attached hydrogens (primary N) is 1. The summed E-state index contributed by atoms with van der Waals surface area (Å²) in [5, 5.41) is 0. The summed E-state index contributed by atoms with van der Waals surface area (Å²) in [6.07, 6.45) is 2.34. The first kappa shape index (κ1) is 13.3. The standard InChI is InChI=1S/C14H21FN2O/c1-2-18-11-6-8-17(9-7-11)14-5-3-4-13(15)12(14)10-16/h3-5,11H,2,6-10,16H2,1H3. The highest BCUT2D eigenvalue weighted by Crippen LogP contribution is 2.26. The first-order chi connectivity index (χ1) is 8.76. The van der Waals surface area contributed by atoms with Crippen LogP contribution in [0.4, 0.5) is 10.1 Å². The molecular formula is C14H21FN2O. The largest absolute Gasteiger partial charge is 0.378 e. The zero-order chi connectivity index (χ0) is 13.0. The molecule has 2 N–H and O–H groups in total. The number of piperidine rings is 1. The Labute approximate surface area is 108 Å². The van der Waals surface area contributed by atoms with Gasteiger partial charge in [-0.2, -0.15) is 0 Å². The van der Waals surface area contributed by atoms with Crippen LogP contribution in [0, 0.1) is 5.82 Å². The minimum absolute atomic E-state index is 0.207. The van der Waals surface area contributed by atoms with Crippen molar-refractivity contribution in [3.05, 3.63) is 29.6 Å². The molecule has 100 valence electrons. The zero-order valence-corrected chi connectivity index (χ0v) is 10.9. The highest BCUT2D eigenvalue weighted by Gasteiger charge is 2.21. The predicted molar refractivity (Wildman–Crippen MR) is 71.2 cm³/mol. The minimum atomic E-state index is -0.207. The predicted octanol–water partition coefficient (Wildman–Crippen LogP) is 2.29. The maximum Gasteiger partial charge on any atom is 0.129 e. The van der Waals surface area contributed by atoms with Crippen molar-refractivity contribution in [2.45, 2.75) is 32.4 Å². The maximum atomic E-state index is 13.7. The molecule has 0 spiro atoms. The van der Waals surface area contributed by atoms with Crippen LogP contribution in [0.15, 0.2) is 18.2 Å². The number of rotatable bonds is 4. The summed E-state index contributed by atoms with van der Waals surface area (Å²) in [6, 6.07) is 5.17. The summed E-state index contributed by atoms with van der Waals surface area (Å²) in [5.74, 6) is -0.207. The average molecular weight is 252 g/mol. The molecule has 0 unspecified atom stereocenters. The van der Waals surface area contributed by atoms with E-state index in [4.69, 9.17) is 10.5 Å². The lowest BCUT2D eigenvalue weighted by Crippen LogP contribution is -2.37. The summed E-state index contributed by atoms with van der Waals surface area (Å²) in [7, 11) is 0. The van der Waals surface area contributed by atoms with Gasteiger partial charge < -0.3 is 15.4 Å². The Morgan fingerprint density at radius 3 is 2.72 bits per heavy atom. The van der Waals surface area contributed by atoms with Gasteiger partial charge in [-0.1, -0.05) is 6.07 Å². The van der Waals surface area contributed by atoms with Crippen molar-refractivity contribution < 1.29 is 9.13 Å². The van der Waals surface area contributed by atoms with Gasteiger partial charge >= 0.3 is 0 Å². The van der Waals surface area contributed by atoms with Gasteiger partial charge in [0.05, 0.1) is 6.10 Å². The molecule has 1 heterocycles. The van der Waals surface area contributed by atoms with Crippen LogP contribution in [0.2, 0.25) is 0 Å². The molecule has 2 rings (SSSR count). The van der Waals surface area contributed by atoms with Crippen molar-refractivity contribution in [3.8, 4) is 0 Å². The fraction of sp³-hybridized carbons (Fsp3) is 0.571. The molecule has 1 aromatic carbocycles. The minimum Gasteiger partial charge on any atom is -0.378 e. The van der Waals surface area contributed by atoms with Gasteiger partial charge in [0.2, 0.25) is 0 Å². The van der Waals surface area contributed by atoms with E-state index in [0.29, 0.717) is 11.7 Å². The normalized spacial score (nSPS) is 17.2. The summed E-state index contributed by atoms with van der Waals surface area (Å²) in [6.45, 7) is 4.83. The topological polar surface area (TPSA) is 38.5 Å². The molecule has 0 aromatic heterocycles. The summed E-state index contributed by atoms with van der Waals surface area (Å²) in [5.41, 5.74) is 7.20. The average Bonchev–Trinajstić information content (AvgIpc) is 2.40. The molecule has 1 saturated heterocycles. The monoisotopic (exact) mass is 252 g/mol. The maximum absolute atomic E-state index is 13.7. The molecule has 1 fully saturated rings. The molecule has 4 heteroatoms. The molecule has 1 aliphatic heterocycles. The van der Waals surface area contributed by atoms with Gasteiger partial charge in [0.25, 0.3) is 0 Å². The van der Waals surface area contributed by atoms with E-state index in [1.807, 2.05) is 13.0 Å². The van der Waals surface area contributed by atoms with Gasteiger partial charge in [0, 0.05) is 37.5 Å². The van der Waals surface area contributed by atoms with Gasteiger partial charge in [-0.25, -0.2) is 4.39 Å². The molecular weight excluding hydrogens is 231 g/mol. The first-order valence-electron chi connectivity index (χ1n) is 6.60. The molecule has 1 aliphatic rings. The van der Waals surface area contributed by atoms with Gasteiger partial charge in [-0.05, 0) is 31.9 Å². The van der Waals surface area contributed by atoms with Crippen molar-refractivity contribution >= 4 is 5.69 Å². The second-order valence-corrected chi connectivity index (χ2v) is 4.58. The van der Waals surface area contributed by atoms with Crippen LogP contribution in [-0.2, 0) is 11.3 Å². The smallest absolute Gasteiger partial charge is 0.129 e. The van der Waals surface area contributed by atoms with Crippen LogP contribution >= 0.6 is 0 Å². The lowest BCUT2D eigenvalue weighted by molar-refractivity contribution is 0.0459. The molecule has 0 saturated carbocycles. The van der Waals surface area contributed by atoms with E-state index < -0.39 is 0 Å². The highest BCUT2D eigenvalue weighted by atomic mass is 19.1. The third-order valence-electron chi connectivity index (χ3n) is 3.48. The fourth-order valence-electron chi connectivity index (χ4n) is 2.54. The van der Waals surface area contributed by atoms with Crippen LogP contribution in [0.25, 0.3) is 0 Å². The van der Waals surface area contributed by atoms with Crippen molar-refractivity contribution in [2.75, 3.05) is 24.6 Å². The van der Waals surface area contributed by atoms with Gasteiger partial charge in [-0.15, -0.1) is 0 Å². The number of hydrogen-bond acceptors (Lipinski definition) is 3. The molecule has 0 bridgehead atoms. The summed E-state index contributed by atoms with van der Waals surface area (Å²) in [4.78, 5) is 2.21. The van der Waals surface area contributed by atoms with E-state index in [0.717, 1.165) is 38.2 Å². The third-order valence-corrected chi connectivity index (χ3v) is 3.48. The van der Waals surface area contributed by atoms with E-state index >= 15 is 0 Å². The molecule has 0 atom stereocenters. The first-order valence-corrected chi connectivity index (χ1v) is 6.60. The van der Waals surface area contributed by atoms with E-state index in [2.05, 4.69) is 4.90 Å². The van der Waals surface area contributed by atoms with Crippen LogP contribution in [0.1, 0.15) is 25.3 Å². The Kier molecular flexibility index (Phi) is 4.55. The molecule has 3 nitrogen and oxygen atoms in total. The van der Waals surface area contributed by atoms with Gasteiger partial charge in [-0.3, -0.25) is 0 Å². The van der Waals surface area contributed by atoms with E-state index in [1.54, 1.807) is 6.07 Å². The summed E-state index contributed by atoms with van der Waals surface area (Å²) < 4.78 is 19.3. The van der Waals surface area contributed by atoms with Crippen molar-refractivity contribution in [3.63, 3.8) is 0 Å².